The van der Waals surface area contributed by atoms with Crippen LogP contribution in [0, 0.1) is 11.7 Å². The fourth-order valence-corrected chi connectivity index (χ4v) is 2.89. The summed E-state index contributed by atoms with van der Waals surface area (Å²) >= 11 is 0. The number of Topliss-reactive ketones (excluding diaryl/α,β-unsaturated/α-hetero) is 2. The highest BCUT2D eigenvalue weighted by atomic mass is 19.1. The predicted octanol–water partition coefficient (Wildman–Crippen LogP) is 4.86. The Morgan fingerprint density at radius 1 is 1.23 bits per heavy atom. The van der Waals surface area contributed by atoms with Gasteiger partial charge in [0.1, 0.15) is 11.6 Å². The average Bonchev–Trinajstić information content (AvgIpc) is 2.59. The molecule has 0 bridgehead atoms. The van der Waals surface area contributed by atoms with Crippen LogP contribution in [0.1, 0.15) is 40.5 Å². The van der Waals surface area contributed by atoms with Crippen LogP contribution in [-0.2, 0) is 9.59 Å². The molecule has 0 heterocycles. The van der Waals surface area contributed by atoms with E-state index in [-0.39, 0.29) is 34.2 Å². The molecule has 1 aromatic rings. The quantitative estimate of drug-likeness (QED) is 0.433. The molecule has 138 valence electrons. The first kappa shape index (κ1) is 19.6. The average molecular weight is 357 g/mol. The molecule has 1 aromatic carbocycles. The maximum absolute atomic E-state index is 14.0. The Bertz CT molecular complexity index is 829. The van der Waals surface area contributed by atoms with E-state index >= 15 is 0 Å². The Kier molecular flexibility index (Phi) is 6.14. The van der Waals surface area contributed by atoms with E-state index in [1.54, 1.807) is 12.1 Å². The molecule has 0 fully saturated rings. The lowest BCUT2D eigenvalue weighted by Crippen LogP contribution is -2.30. The Morgan fingerprint density at radius 3 is 2.50 bits per heavy atom. The molecule has 0 aliphatic heterocycles. The summed E-state index contributed by atoms with van der Waals surface area (Å²) in [5.41, 5.74) is 1.58. The molecule has 0 saturated carbocycles. The van der Waals surface area contributed by atoms with E-state index in [9.17, 15) is 19.1 Å². The van der Waals surface area contributed by atoms with Crippen molar-refractivity contribution in [2.45, 2.75) is 40.5 Å². The minimum atomic E-state index is -0.717. The van der Waals surface area contributed by atoms with Crippen molar-refractivity contribution in [2.24, 2.45) is 5.92 Å². The van der Waals surface area contributed by atoms with Gasteiger partial charge >= 0.3 is 0 Å². The first-order valence-electron chi connectivity index (χ1n) is 8.62. The van der Waals surface area contributed by atoms with Gasteiger partial charge in [-0.1, -0.05) is 30.7 Å². The van der Waals surface area contributed by atoms with Gasteiger partial charge in [0.15, 0.2) is 0 Å². The third kappa shape index (κ3) is 4.10. The number of nitrogens with one attached hydrogen (secondary N) is 1. The summed E-state index contributed by atoms with van der Waals surface area (Å²) in [6.45, 7) is 7.20. The van der Waals surface area contributed by atoms with Gasteiger partial charge in [0.2, 0.25) is 11.6 Å². The molecule has 4 nitrogen and oxygen atoms in total. The third-order valence-corrected chi connectivity index (χ3v) is 4.43. The van der Waals surface area contributed by atoms with Gasteiger partial charge < -0.3 is 10.4 Å². The number of para-hydroxylation sites is 1. The van der Waals surface area contributed by atoms with E-state index < -0.39 is 17.4 Å². The maximum Gasteiger partial charge on any atom is 0.232 e. The summed E-state index contributed by atoms with van der Waals surface area (Å²) < 4.78 is 14.0. The Labute approximate surface area is 153 Å². The van der Waals surface area contributed by atoms with Crippen molar-refractivity contribution in [1.82, 2.24) is 0 Å². The van der Waals surface area contributed by atoms with Crippen LogP contribution in [0.4, 0.5) is 10.1 Å². The fraction of sp³-hybridized carbons (Fsp3) is 0.333. The van der Waals surface area contributed by atoms with Crippen LogP contribution in [0.15, 0.2) is 58.5 Å². The van der Waals surface area contributed by atoms with E-state index in [0.29, 0.717) is 6.42 Å². The van der Waals surface area contributed by atoms with Gasteiger partial charge in [-0.15, -0.1) is 0 Å². The van der Waals surface area contributed by atoms with Crippen LogP contribution in [0.25, 0.3) is 0 Å². The second-order valence-corrected chi connectivity index (χ2v) is 6.79. The molecule has 26 heavy (non-hydrogen) atoms. The largest absolute Gasteiger partial charge is 0.505 e. The number of carbonyl (C=O) groups excluding carboxylic acids is 2. The zero-order chi connectivity index (χ0) is 19.4. The number of benzene rings is 1. The van der Waals surface area contributed by atoms with Crippen molar-refractivity contribution >= 4 is 17.3 Å². The number of hydrogen-bond donors (Lipinski definition) is 2. The number of allylic oxidation sites excluding steroid dienone is 4. The molecule has 0 aromatic heterocycles. The molecular weight excluding hydrogens is 333 g/mol. The van der Waals surface area contributed by atoms with E-state index in [1.165, 1.54) is 24.6 Å². The lowest BCUT2D eigenvalue weighted by Gasteiger charge is -2.25. The smallest absolute Gasteiger partial charge is 0.232 e. The number of hydrogen-bond acceptors (Lipinski definition) is 4. The summed E-state index contributed by atoms with van der Waals surface area (Å²) in [7, 11) is 0. The van der Waals surface area contributed by atoms with Crippen molar-refractivity contribution in [3.05, 3.63) is 64.3 Å². The van der Waals surface area contributed by atoms with Crippen molar-refractivity contribution in [2.75, 3.05) is 5.32 Å². The first-order valence-corrected chi connectivity index (χ1v) is 8.62. The summed E-state index contributed by atoms with van der Waals surface area (Å²) in [6, 6.07) is 5.99. The number of rotatable bonds is 6. The molecule has 0 saturated heterocycles. The summed E-state index contributed by atoms with van der Waals surface area (Å²) in [5.74, 6) is -2.45. The third-order valence-electron chi connectivity index (χ3n) is 4.43. The molecule has 2 N–H and O–H groups in total. The highest BCUT2D eigenvalue weighted by Crippen LogP contribution is 2.32. The number of anilines is 1. The van der Waals surface area contributed by atoms with E-state index in [4.69, 9.17) is 0 Å². The van der Waals surface area contributed by atoms with Gasteiger partial charge in [0, 0.05) is 11.1 Å². The van der Waals surface area contributed by atoms with Gasteiger partial charge in [-0.3, -0.25) is 9.59 Å². The van der Waals surface area contributed by atoms with E-state index in [1.807, 2.05) is 20.8 Å². The molecular formula is C21H24FNO3. The predicted molar refractivity (Wildman–Crippen MR) is 100 cm³/mol. The number of carbonyl (C=O) groups is 2. The molecule has 0 spiro atoms. The Morgan fingerprint density at radius 2 is 1.88 bits per heavy atom. The van der Waals surface area contributed by atoms with Gasteiger partial charge in [-0.2, -0.15) is 0 Å². The van der Waals surface area contributed by atoms with Crippen LogP contribution in [-0.4, -0.2) is 16.7 Å². The first-order chi connectivity index (χ1) is 12.2. The lowest BCUT2D eigenvalue weighted by atomic mass is 9.83. The number of ketones is 2. The fourth-order valence-electron chi connectivity index (χ4n) is 2.89. The zero-order valence-corrected chi connectivity index (χ0v) is 15.5. The van der Waals surface area contributed by atoms with Crippen molar-refractivity contribution in [1.29, 1.82) is 0 Å². The Hall–Kier alpha value is -2.69. The maximum atomic E-state index is 14.0. The van der Waals surface area contributed by atoms with Gasteiger partial charge in [-0.05, 0) is 51.7 Å². The highest BCUT2D eigenvalue weighted by molar-refractivity contribution is 6.50. The molecule has 1 aliphatic carbocycles. The summed E-state index contributed by atoms with van der Waals surface area (Å²) in [4.78, 5) is 24.8. The number of aliphatic hydroxyl groups is 1. The van der Waals surface area contributed by atoms with Crippen LogP contribution < -0.4 is 5.32 Å². The molecule has 5 heteroatoms. The second kappa shape index (κ2) is 8.13. The monoisotopic (exact) mass is 357 g/mol. The second-order valence-electron chi connectivity index (χ2n) is 6.79. The van der Waals surface area contributed by atoms with Crippen LogP contribution in [0.5, 0.6) is 0 Å². The molecule has 1 atom stereocenters. The highest BCUT2D eigenvalue weighted by Gasteiger charge is 2.35. The van der Waals surface area contributed by atoms with Gasteiger partial charge in [0.05, 0.1) is 11.4 Å². The van der Waals surface area contributed by atoms with E-state index in [2.05, 4.69) is 11.4 Å². The molecule has 0 amide bonds. The molecule has 0 unspecified atom stereocenters. The number of aliphatic hydroxyl groups excluding tert-OH is 1. The number of halogens is 1. The molecule has 1 aliphatic rings. The van der Waals surface area contributed by atoms with Crippen molar-refractivity contribution in [3.63, 3.8) is 0 Å². The van der Waals surface area contributed by atoms with Crippen molar-refractivity contribution in [3.8, 4) is 0 Å². The Balaban J connectivity index is 2.47. The van der Waals surface area contributed by atoms with Crippen LogP contribution in [0.2, 0.25) is 0 Å². The topological polar surface area (TPSA) is 66.4 Å². The standard InChI is InChI=1S/C21H24FNO3/c1-12(2)8-7-9-13(3)17-18(19(24)14(4)20(25)21(17)26)23-16-11-6-5-10-15(16)22/h5-6,8,10-11,13,23-24H,7,9H2,1-4H3/t13-/m1/s1. The normalized spacial score (nSPS) is 16.0. The van der Waals surface area contributed by atoms with Gasteiger partial charge in [0.25, 0.3) is 0 Å². The molecule has 2 rings (SSSR count). The summed E-state index contributed by atoms with van der Waals surface area (Å²) in [6.07, 6.45) is 3.43. The van der Waals surface area contributed by atoms with Gasteiger partial charge in [-0.25, -0.2) is 4.39 Å². The summed E-state index contributed by atoms with van der Waals surface area (Å²) in [5, 5.41) is 13.3. The zero-order valence-electron chi connectivity index (χ0n) is 15.5. The lowest BCUT2D eigenvalue weighted by molar-refractivity contribution is -0.132. The van der Waals surface area contributed by atoms with Crippen LogP contribution >= 0.6 is 0 Å². The minimum Gasteiger partial charge on any atom is -0.505 e. The SMILES string of the molecule is CC(C)=CCC[C@@H](C)C1=C(Nc2ccccc2F)C(O)=C(C)C(=O)C1=O. The molecule has 0 radical (unpaired) electrons. The van der Waals surface area contributed by atoms with Crippen molar-refractivity contribution < 1.29 is 19.1 Å². The minimum absolute atomic E-state index is 0.0333. The van der Waals surface area contributed by atoms with E-state index in [0.717, 1.165) is 6.42 Å². The van der Waals surface area contributed by atoms with Crippen LogP contribution in [0.3, 0.4) is 0 Å².